The summed E-state index contributed by atoms with van der Waals surface area (Å²) >= 11 is 0. The molecule has 1 aliphatic rings. The summed E-state index contributed by atoms with van der Waals surface area (Å²) in [6.45, 7) is 3.48. The van der Waals surface area contributed by atoms with Gasteiger partial charge in [0.25, 0.3) is 0 Å². The molecule has 1 aromatic rings. The summed E-state index contributed by atoms with van der Waals surface area (Å²) in [4.78, 5) is 13.7. The second-order valence-corrected chi connectivity index (χ2v) is 7.01. The molecule has 1 amide bonds. The molecule has 1 fully saturated rings. The predicted octanol–water partition coefficient (Wildman–Crippen LogP) is 0.868. The van der Waals surface area contributed by atoms with Crippen molar-refractivity contribution in [2.24, 2.45) is 0 Å². The lowest BCUT2D eigenvalue weighted by atomic mass is 10.2. The Morgan fingerprint density at radius 2 is 2.00 bits per heavy atom. The van der Waals surface area contributed by atoms with Crippen LogP contribution in [0.1, 0.15) is 24.8 Å². The summed E-state index contributed by atoms with van der Waals surface area (Å²) in [6, 6.07) is 4.79. The molecule has 1 aromatic carbocycles. The van der Waals surface area contributed by atoms with E-state index in [0.29, 0.717) is 0 Å². The van der Waals surface area contributed by atoms with Gasteiger partial charge in [0, 0.05) is 26.1 Å². The van der Waals surface area contributed by atoms with Crippen molar-refractivity contribution in [3.05, 3.63) is 23.8 Å². The van der Waals surface area contributed by atoms with Gasteiger partial charge in [-0.1, -0.05) is 6.07 Å². The lowest BCUT2D eigenvalue weighted by molar-refractivity contribution is -0.129. The Balaban J connectivity index is 1.93. The maximum absolute atomic E-state index is 12.2. The van der Waals surface area contributed by atoms with Crippen molar-refractivity contribution in [1.82, 2.24) is 9.62 Å². The number of sulfonamides is 1. The number of nitrogen functional groups attached to an aromatic ring is 1. The molecule has 6 nitrogen and oxygen atoms in total. The molecule has 2 rings (SSSR count). The van der Waals surface area contributed by atoms with E-state index in [2.05, 4.69) is 4.72 Å². The van der Waals surface area contributed by atoms with Crippen LogP contribution in [-0.4, -0.2) is 38.9 Å². The number of rotatable bonds is 5. The van der Waals surface area contributed by atoms with E-state index in [4.69, 9.17) is 5.73 Å². The second kappa shape index (κ2) is 6.44. The van der Waals surface area contributed by atoms with Gasteiger partial charge in [0.05, 0.1) is 5.69 Å². The highest BCUT2D eigenvalue weighted by Crippen LogP contribution is 2.19. The van der Waals surface area contributed by atoms with Gasteiger partial charge in [-0.25, -0.2) is 13.1 Å². The van der Waals surface area contributed by atoms with E-state index in [-0.39, 0.29) is 29.5 Å². The Bertz CT molecular complexity index is 622. The number of carbonyl (C=O) groups excluding carboxylic acids is 1. The largest absolute Gasteiger partial charge is 0.398 e. The van der Waals surface area contributed by atoms with Gasteiger partial charge in [-0.3, -0.25) is 4.79 Å². The topological polar surface area (TPSA) is 92.5 Å². The summed E-state index contributed by atoms with van der Waals surface area (Å²) in [5, 5.41) is 0. The van der Waals surface area contributed by atoms with E-state index in [0.717, 1.165) is 31.5 Å². The van der Waals surface area contributed by atoms with Crippen molar-refractivity contribution in [3.63, 3.8) is 0 Å². The molecule has 1 heterocycles. The van der Waals surface area contributed by atoms with Crippen LogP contribution in [0.4, 0.5) is 5.69 Å². The molecule has 0 saturated carbocycles. The molecule has 0 aromatic heterocycles. The first kappa shape index (κ1) is 15.8. The fraction of sp³-hybridized carbons (Fsp3) is 0.500. The molecule has 0 spiro atoms. The fourth-order valence-electron chi connectivity index (χ4n) is 2.41. The maximum Gasteiger partial charge on any atom is 0.242 e. The van der Waals surface area contributed by atoms with E-state index in [1.54, 1.807) is 17.0 Å². The zero-order valence-corrected chi connectivity index (χ0v) is 12.9. The van der Waals surface area contributed by atoms with E-state index in [1.807, 2.05) is 6.92 Å². The molecule has 1 aliphatic heterocycles. The molecule has 21 heavy (non-hydrogen) atoms. The van der Waals surface area contributed by atoms with Gasteiger partial charge in [0.2, 0.25) is 15.9 Å². The summed E-state index contributed by atoms with van der Waals surface area (Å²) < 4.78 is 26.7. The predicted molar refractivity (Wildman–Crippen MR) is 81.2 cm³/mol. The van der Waals surface area contributed by atoms with Crippen LogP contribution in [0, 0.1) is 6.92 Å². The Hall–Kier alpha value is -1.60. The fourth-order valence-corrected chi connectivity index (χ4v) is 3.55. The molecule has 116 valence electrons. The molecule has 7 heteroatoms. The molecule has 0 radical (unpaired) electrons. The molecule has 0 bridgehead atoms. The van der Waals surface area contributed by atoms with Crippen LogP contribution in [0.5, 0.6) is 0 Å². The van der Waals surface area contributed by atoms with Crippen LogP contribution in [0.15, 0.2) is 23.1 Å². The number of hydrogen-bond acceptors (Lipinski definition) is 4. The maximum atomic E-state index is 12.2. The molecule has 3 N–H and O–H groups in total. The SMILES string of the molecule is Cc1ccc(S(=O)(=O)NCCC(=O)N2CCCC2)c(N)c1. The number of nitrogens with zero attached hydrogens (tertiary/aromatic N) is 1. The smallest absolute Gasteiger partial charge is 0.242 e. The van der Waals surface area contributed by atoms with Crippen molar-refractivity contribution >= 4 is 21.6 Å². The lowest BCUT2D eigenvalue weighted by Crippen LogP contribution is -2.32. The summed E-state index contributed by atoms with van der Waals surface area (Å²) in [7, 11) is -3.67. The number of hydrogen-bond donors (Lipinski definition) is 2. The molecular weight excluding hydrogens is 290 g/mol. The number of likely N-dealkylation sites (tertiary alicyclic amines) is 1. The molecular formula is C14H21N3O3S. The quantitative estimate of drug-likeness (QED) is 0.789. The third kappa shape index (κ3) is 3.95. The number of benzene rings is 1. The normalized spacial score (nSPS) is 15.4. The Morgan fingerprint density at radius 1 is 1.33 bits per heavy atom. The van der Waals surface area contributed by atoms with Crippen molar-refractivity contribution in [2.45, 2.75) is 31.1 Å². The van der Waals surface area contributed by atoms with Gasteiger partial charge in [-0.2, -0.15) is 0 Å². The highest BCUT2D eigenvalue weighted by atomic mass is 32.2. The minimum atomic E-state index is -3.67. The molecule has 1 saturated heterocycles. The third-order valence-electron chi connectivity index (χ3n) is 3.54. The number of carbonyl (C=O) groups is 1. The zero-order valence-electron chi connectivity index (χ0n) is 12.1. The Labute approximate surface area is 125 Å². The highest BCUT2D eigenvalue weighted by Gasteiger charge is 2.20. The van der Waals surface area contributed by atoms with Crippen LogP contribution < -0.4 is 10.5 Å². The van der Waals surface area contributed by atoms with E-state index >= 15 is 0 Å². The molecule has 0 aliphatic carbocycles. The first-order chi connectivity index (χ1) is 9.90. The minimum Gasteiger partial charge on any atom is -0.398 e. The third-order valence-corrected chi connectivity index (χ3v) is 5.08. The number of nitrogens with two attached hydrogens (primary N) is 1. The minimum absolute atomic E-state index is 0.00734. The van der Waals surface area contributed by atoms with Gasteiger partial charge < -0.3 is 10.6 Å². The summed E-state index contributed by atoms with van der Waals surface area (Å²) in [6.07, 6.45) is 2.22. The average Bonchev–Trinajstić information content (AvgIpc) is 2.91. The highest BCUT2D eigenvalue weighted by molar-refractivity contribution is 7.89. The van der Waals surface area contributed by atoms with E-state index < -0.39 is 10.0 Å². The van der Waals surface area contributed by atoms with Crippen LogP contribution in [0.2, 0.25) is 0 Å². The molecule has 0 atom stereocenters. The first-order valence-corrected chi connectivity index (χ1v) is 8.52. The number of amides is 1. The standard InChI is InChI=1S/C14H21N3O3S/c1-11-4-5-13(12(15)10-11)21(19,20)16-7-6-14(18)17-8-2-3-9-17/h4-5,10,16H,2-3,6-9,15H2,1H3. The van der Waals surface area contributed by atoms with Gasteiger partial charge in [-0.15, -0.1) is 0 Å². The second-order valence-electron chi connectivity index (χ2n) is 5.28. The van der Waals surface area contributed by atoms with Crippen molar-refractivity contribution in [2.75, 3.05) is 25.4 Å². The van der Waals surface area contributed by atoms with Crippen LogP contribution in [0.25, 0.3) is 0 Å². The summed E-state index contributed by atoms with van der Waals surface area (Å²) in [5.74, 6) is -0.00734. The summed E-state index contributed by atoms with van der Waals surface area (Å²) in [5.41, 5.74) is 6.86. The first-order valence-electron chi connectivity index (χ1n) is 7.04. The van der Waals surface area contributed by atoms with Crippen LogP contribution in [-0.2, 0) is 14.8 Å². The van der Waals surface area contributed by atoms with Crippen LogP contribution in [0.3, 0.4) is 0 Å². The van der Waals surface area contributed by atoms with Gasteiger partial charge in [0.1, 0.15) is 4.90 Å². The van der Waals surface area contributed by atoms with Gasteiger partial charge >= 0.3 is 0 Å². The number of nitrogens with one attached hydrogen (secondary N) is 1. The van der Waals surface area contributed by atoms with E-state index in [1.165, 1.54) is 6.07 Å². The van der Waals surface area contributed by atoms with Crippen molar-refractivity contribution in [3.8, 4) is 0 Å². The Kier molecular flexibility index (Phi) is 4.84. The van der Waals surface area contributed by atoms with Crippen molar-refractivity contribution in [1.29, 1.82) is 0 Å². The Morgan fingerprint density at radius 3 is 2.62 bits per heavy atom. The number of aryl methyl sites for hydroxylation is 1. The van der Waals surface area contributed by atoms with E-state index in [9.17, 15) is 13.2 Å². The average molecular weight is 311 g/mol. The molecule has 0 unspecified atom stereocenters. The number of anilines is 1. The van der Waals surface area contributed by atoms with Crippen LogP contribution >= 0.6 is 0 Å². The zero-order chi connectivity index (χ0) is 15.5. The lowest BCUT2D eigenvalue weighted by Gasteiger charge is -2.15. The van der Waals surface area contributed by atoms with Crippen molar-refractivity contribution < 1.29 is 13.2 Å². The van der Waals surface area contributed by atoms with Gasteiger partial charge in [0.15, 0.2) is 0 Å². The monoisotopic (exact) mass is 311 g/mol. The van der Waals surface area contributed by atoms with Gasteiger partial charge in [-0.05, 0) is 37.5 Å².